The molecule has 1 saturated carbocycles. The van der Waals surface area contributed by atoms with Crippen LogP contribution in [0.3, 0.4) is 0 Å². The highest BCUT2D eigenvalue weighted by Crippen LogP contribution is 2.49. The van der Waals surface area contributed by atoms with Crippen LogP contribution in [0.25, 0.3) is 11.0 Å². The highest BCUT2D eigenvalue weighted by atomic mass is 16.6. The number of carbonyl (C=O) groups is 2. The quantitative estimate of drug-likeness (QED) is 0.0563. The second-order valence-electron chi connectivity index (χ2n) is 17.4. The van der Waals surface area contributed by atoms with E-state index >= 15 is 0 Å². The van der Waals surface area contributed by atoms with Crippen molar-refractivity contribution in [2.75, 3.05) is 13.4 Å². The molecule has 1 N–H and O–H groups in total. The van der Waals surface area contributed by atoms with E-state index in [1.807, 2.05) is 33.8 Å². The molecule has 9 heteroatoms. The lowest BCUT2D eigenvalue weighted by molar-refractivity contribution is -0.188. The Labute approximate surface area is 351 Å². The SMILES string of the molecule is CC(C)=C1CCc2ccc(cc2)[C@H]2CC[C@H](c3cccc(Cc4ccccc4)c3)C[C@H]2CC(=O)O[C@@H]2c3c(ccc4cc(CCOCO)c(=O)oc34)OC(C)(C)[C@H]2OC1=O. The van der Waals surface area contributed by atoms with E-state index in [1.165, 1.54) is 22.3 Å². The van der Waals surface area contributed by atoms with Gasteiger partial charge in [-0.3, -0.25) is 4.79 Å². The summed E-state index contributed by atoms with van der Waals surface area (Å²) in [6.45, 7) is 7.09. The lowest BCUT2D eigenvalue weighted by atomic mass is 9.68. The second-order valence-corrected chi connectivity index (χ2v) is 17.4. The Morgan fingerprint density at radius 2 is 1.62 bits per heavy atom. The predicted molar refractivity (Wildman–Crippen MR) is 229 cm³/mol. The average Bonchev–Trinajstić information content (AvgIpc) is 3.22. The standard InChI is InChI=1S/C51H54O9/c1-31(2)41-20-15-32-13-16-35(17-14-32)42-21-18-37(36-12-8-11-34(26-36)25-33-9-6-5-7-10-33)27-40(42)29-44(53)57-47-45-43(60-51(3,4)48(47)59-50(41)55)22-19-38-28-39(23-24-56-30-52)49(54)58-46(38)45/h5-14,16-17,19,22,26,28,37,40,42,47-48,52H,15,18,20-21,23-25,27,29-30H2,1-4H3/t37-,40-,42+,47+,48-/m0/s1. The number of hydrogen-bond acceptors (Lipinski definition) is 9. The number of rotatable bonds is 7. The topological polar surface area (TPSA) is 122 Å². The third kappa shape index (κ3) is 8.84. The van der Waals surface area contributed by atoms with Crippen molar-refractivity contribution in [3.63, 3.8) is 0 Å². The van der Waals surface area contributed by atoms with Gasteiger partial charge in [0.1, 0.15) is 23.7 Å². The van der Waals surface area contributed by atoms with Gasteiger partial charge in [-0.1, -0.05) is 84.4 Å². The molecular formula is C51H54O9. The van der Waals surface area contributed by atoms with E-state index in [-0.39, 0.29) is 42.8 Å². The first kappa shape index (κ1) is 41.2. The van der Waals surface area contributed by atoms with Gasteiger partial charge < -0.3 is 28.5 Å². The fourth-order valence-electron chi connectivity index (χ4n) is 9.56. The van der Waals surface area contributed by atoms with Crippen molar-refractivity contribution in [3.05, 3.63) is 158 Å². The first-order valence-corrected chi connectivity index (χ1v) is 21.2. The van der Waals surface area contributed by atoms with Crippen LogP contribution in [0.1, 0.15) is 117 Å². The zero-order valence-corrected chi connectivity index (χ0v) is 34.9. The summed E-state index contributed by atoms with van der Waals surface area (Å²) in [4.78, 5) is 42.3. The summed E-state index contributed by atoms with van der Waals surface area (Å²) in [7, 11) is 0. The van der Waals surface area contributed by atoms with E-state index in [2.05, 4.69) is 72.8 Å². The lowest BCUT2D eigenvalue weighted by Gasteiger charge is -2.43. The molecule has 0 spiro atoms. The third-order valence-corrected chi connectivity index (χ3v) is 12.7. The van der Waals surface area contributed by atoms with Crippen LogP contribution in [0.15, 0.2) is 117 Å². The fraction of sp³-hybridized carbons (Fsp3) is 0.392. The van der Waals surface area contributed by atoms with Crippen molar-refractivity contribution in [1.82, 2.24) is 0 Å². The molecule has 1 aliphatic carbocycles. The van der Waals surface area contributed by atoms with Gasteiger partial charge in [0.2, 0.25) is 0 Å². The summed E-state index contributed by atoms with van der Waals surface area (Å²) < 4.78 is 30.7. The minimum absolute atomic E-state index is 0.0347. The first-order valence-electron chi connectivity index (χ1n) is 21.2. The van der Waals surface area contributed by atoms with Crippen molar-refractivity contribution in [3.8, 4) is 5.75 Å². The summed E-state index contributed by atoms with van der Waals surface area (Å²) in [5.41, 5.74) is 6.69. The first-order chi connectivity index (χ1) is 29.0. The summed E-state index contributed by atoms with van der Waals surface area (Å²) in [5, 5.41) is 9.70. The number of hydrogen-bond donors (Lipinski definition) is 1. The molecular weight excluding hydrogens is 757 g/mol. The Hall–Kier alpha value is -5.51. The van der Waals surface area contributed by atoms with Crippen molar-refractivity contribution >= 4 is 22.9 Å². The molecule has 0 saturated heterocycles. The van der Waals surface area contributed by atoms with Gasteiger partial charge in [0.05, 0.1) is 12.2 Å². The second kappa shape index (κ2) is 17.6. The molecule has 0 amide bonds. The molecule has 0 radical (unpaired) electrons. The molecule has 5 aromatic rings. The Morgan fingerprint density at radius 3 is 2.38 bits per heavy atom. The van der Waals surface area contributed by atoms with Crippen LogP contribution in [0, 0.1) is 5.92 Å². The van der Waals surface area contributed by atoms with Crippen LogP contribution in [-0.4, -0.2) is 42.1 Å². The number of aryl methyl sites for hydroxylation is 1. The molecule has 9 nitrogen and oxygen atoms in total. The number of fused-ring (bicyclic) bond motifs is 11. The van der Waals surface area contributed by atoms with E-state index in [0.717, 1.165) is 36.8 Å². The van der Waals surface area contributed by atoms with E-state index in [0.29, 0.717) is 40.7 Å². The van der Waals surface area contributed by atoms with Crippen LogP contribution < -0.4 is 10.4 Å². The van der Waals surface area contributed by atoms with Crippen LogP contribution in [0.2, 0.25) is 0 Å². The van der Waals surface area contributed by atoms with Gasteiger partial charge >= 0.3 is 17.6 Å². The molecule has 1 fully saturated rings. The highest BCUT2D eigenvalue weighted by Gasteiger charge is 2.51. The monoisotopic (exact) mass is 810 g/mol. The summed E-state index contributed by atoms with van der Waals surface area (Å²) in [6, 6.07) is 33.3. The largest absolute Gasteiger partial charge is 0.483 e. The third-order valence-electron chi connectivity index (χ3n) is 12.7. The summed E-state index contributed by atoms with van der Waals surface area (Å²) in [5.74, 6) is -0.208. The van der Waals surface area contributed by atoms with Gasteiger partial charge in [0.25, 0.3) is 0 Å². The van der Waals surface area contributed by atoms with Gasteiger partial charge in [-0.05, 0) is 130 Å². The van der Waals surface area contributed by atoms with Crippen LogP contribution in [-0.2, 0) is 43.1 Å². The van der Waals surface area contributed by atoms with Crippen molar-refractivity contribution in [1.29, 1.82) is 0 Å². The van der Waals surface area contributed by atoms with Gasteiger partial charge in [-0.25, -0.2) is 9.59 Å². The zero-order chi connectivity index (χ0) is 42.0. The Balaban J connectivity index is 1.18. The predicted octanol–water partition coefficient (Wildman–Crippen LogP) is 9.60. The smallest absolute Gasteiger partial charge is 0.339 e. The van der Waals surface area contributed by atoms with E-state index in [1.54, 1.807) is 18.2 Å². The maximum absolute atomic E-state index is 14.7. The molecule has 5 atom stereocenters. The summed E-state index contributed by atoms with van der Waals surface area (Å²) in [6.07, 6.45) is 2.82. The van der Waals surface area contributed by atoms with Crippen LogP contribution in [0.5, 0.6) is 5.75 Å². The number of ether oxygens (including phenoxy) is 4. The molecule has 9 rings (SSSR count). The van der Waals surface area contributed by atoms with Gasteiger partial charge in [-0.15, -0.1) is 0 Å². The Morgan fingerprint density at radius 1 is 0.833 bits per heavy atom. The van der Waals surface area contributed by atoms with E-state index in [9.17, 15) is 14.4 Å². The number of allylic oxidation sites excluding steroid dienone is 1. The fourth-order valence-corrected chi connectivity index (χ4v) is 9.56. The highest BCUT2D eigenvalue weighted by molar-refractivity contribution is 5.90. The maximum atomic E-state index is 14.7. The van der Waals surface area contributed by atoms with Gasteiger partial charge in [-0.2, -0.15) is 0 Å². The molecule has 4 aliphatic rings. The van der Waals surface area contributed by atoms with Crippen LogP contribution >= 0.6 is 0 Å². The average molecular weight is 811 g/mol. The number of carbonyl (C=O) groups excluding carboxylic acids is 2. The van der Waals surface area contributed by atoms with E-state index in [4.69, 9.17) is 28.5 Å². The lowest BCUT2D eigenvalue weighted by Crippen LogP contribution is -2.52. The molecule has 60 heavy (non-hydrogen) atoms. The van der Waals surface area contributed by atoms with Crippen molar-refractivity contribution in [2.45, 2.75) is 109 Å². The number of aliphatic hydroxyl groups is 1. The Bertz CT molecular complexity index is 2440. The molecule has 0 unspecified atom stereocenters. The van der Waals surface area contributed by atoms with E-state index < -0.39 is 42.2 Å². The molecule has 4 aromatic carbocycles. The maximum Gasteiger partial charge on any atom is 0.339 e. The minimum atomic E-state index is -1.15. The molecule has 312 valence electrons. The molecule has 2 bridgehead atoms. The zero-order valence-electron chi connectivity index (χ0n) is 34.9. The number of aliphatic hydroxyl groups excluding tert-OH is 1. The number of esters is 2. The molecule has 1 aromatic heterocycles. The molecule has 4 heterocycles. The number of benzene rings is 4. The normalized spacial score (nSPS) is 22.8. The van der Waals surface area contributed by atoms with Crippen molar-refractivity contribution in [2.24, 2.45) is 5.92 Å². The van der Waals surface area contributed by atoms with Crippen molar-refractivity contribution < 1.29 is 38.1 Å². The van der Waals surface area contributed by atoms with Crippen LogP contribution in [0.4, 0.5) is 0 Å². The summed E-state index contributed by atoms with van der Waals surface area (Å²) >= 11 is 0. The Kier molecular flexibility index (Phi) is 12.1. The minimum Gasteiger partial charge on any atom is -0.483 e. The van der Waals surface area contributed by atoms with Gasteiger partial charge in [0.15, 0.2) is 12.2 Å². The molecule has 3 aliphatic heterocycles. The van der Waals surface area contributed by atoms with Gasteiger partial charge in [0, 0.05) is 29.4 Å².